The van der Waals surface area contributed by atoms with Crippen molar-refractivity contribution < 1.29 is 19.4 Å². The number of ether oxygens (including phenoxy) is 1. The fourth-order valence-electron chi connectivity index (χ4n) is 2.87. The third-order valence-corrected chi connectivity index (χ3v) is 4.99. The Hall–Kier alpha value is -2.15. The first-order valence-corrected chi connectivity index (χ1v) is 8.45. The van der Waals surface area contributed by atoms with Gasteiger partial charge in [-0.05, 0) is 44.4 Å². The highest BCUT2D eigenvalue weighted by atomic mass is 32.1. The van der Waals surface area contributed by atoms with Gasteiger partial charge < -0.3 is 15.2 Å². The number of aromatic nitrogens is 1. The van der Waals surface area contributed by atoms with E-state index < -0.39 is 11.9 Å². The van der Waals surface area contributed by atoms with Crippen LogP contribution in [0.4, 0.5) is 5.13 Å². The van der Waals surface area contributed by atoms with Crippen molar-refractivity contribution in [1.82, 2.24) is 4.98 Å². The van der Waals surface area contributed by atoms with Crippen LogP contribution in [0.2, 0.25) is 0 Å². The molecule has 23 heavy (non-hydrogen) atoms. The molecule has 0 aliphatic heterocycles. The molecule has 7 heteroatoms. The minimum absolute atomic E-state index is 0.141. The van der Waals surface area contributed by atoms with Crippen LogP contribution in [0.25, 0.3) is 10.2 Å². The Labute approximate surface area is 137 Å². The van der Waals surface area contributed by atoms with Gasteiger partial charge in [0.1, 0.15) is 5.75 Å². The summed E-state index contributed by atoms with van der Waals surface area (Å²) in [6.07, 6.45) is 1.58. The topological polar surface area (TPSA) is 88.5 Å². The molecule has 1 aliphatic rings. The lowest BCUT2D eigenvalue weighted by atomic mass is 10.0. The third kappa shape index (κ3) is 3.44. The third-order valence-electron chi connectivity index (χ3n) is 4.05. The second-order valence-electron chi connectivity index (χ2n) is 5.62. The van der Waals surface area contributed by atoms with Gasteiger partial charge in [-0.2, -0.15) is 0 Å². The summed E-state index contributed by atoms with van der Waals surface area (Å²) in [6, 6.07) is 5.62. The van der Waals surface area contributed by atoms with Crippen molar-refractivity contribution in [2.75, 3.05) is 11.9 Å². The number of rotatable bonds is 5. The van der Waals surface area contributed by atoms with Gasteiger partial charge in [0.2, 0.25) is 5.91 Å². The number of aliphatic carboxylic acids is 1. The number of carboxylic acid groups (broad SMARTS) is 1. The lowest BCUT2D eigenvalue weighted by Gasteiger charge is -2.08. The summed E-state index contributed by atoms with van der Waals surface area (Å²) in [7, 11) is 0. The Morgan fingerprint density at radius 3 is 2.87 bits per heavy atom. The normalized spacial score (nSPS) is 20.6. The molecule has 1 saturated carbocycles. The van der Waals surface area contributed by atoms with Crippen LogP contribution >= 0.6 is 11.3 Å². The average Bonchev–Trinajstić information content (AvgIpc) is 3.13. The van der Waals surface area contributed by atoms with E-state index in [2.05, 4.69) is 10.3 Å². The van der Waals surface area contributed by atoms with Crippen molar-refractivity contribution in [2.45, 2.75) is 26.2 Å². The van der Waals surface area contributed by atoms with E-state index in [4.69, 9.17) is 9.84 Å². The van der Waals surface area contributed by atoms with Gasteiger partial charge in [-0.3, -0.25) is 9.59 Å². The Kier molecular flexibility index (Phi) is 4.47. The SMILES string of the molecule is CCOc1ccc2nc(NC(=O)[C@H]3CC[C@@H](C(=O)O)C3)sc2c1. The van der Waals surface area contributed by atoms with Crippen LogP contribution in [0.1, 0.15) is 26.2 Å². The van der Waals surface area contributed by atoms with Gasteiger partial charge in [0, 0.05) is 5.92 Å². The van der Waals surface area contributed by atoms with E-state index in [1.54, 1.807) is 0 Å². The lowest BCUT2D eigenvalue weighted by molar-refractivity contribution is -0.141. The maximum Gasteiger partial charge on any atom is 0.306 e. The zero-order valence-electron chi connectivity index (χ0n) is 12.7. The van der Waals surface area contributed by atoms with Crippen molar-refractivity contribution in [3.8, 4) is 5.75 Å². The largest absolute Gasteiger partial charge is 0.494 e. The minimum atomic E-state index is -0.816. The van der Waals surface area contributed by atoms with E-state index in [0.29, 0.717) is 31.0 Å². The van der Waals surface area contributed by atoms with Crippen LogP contribution < -0.4 is 10.1 Å². The molecule has 1 amide bonds. The fourth-order valence-corrected chi connectivity index (χ4v) is 3.76. The molecule has 1 aromatic heterocycles. The summed E-state index contributed by atoms with van der Waals surface area (Å²) < 4.78 is 6.40. The zero-order chi connectivity index (χ0) is 16.4. The van der Waals surface area contributed by atoms with Gasteiger partial charge in [0.05, 0.1) is 22.7 Å². The van der Waals surface area contributed by atoms with E-state index >= 15 is 0 Å². The molecular formula is C16H18N2O4S. The highest BCUT2D eigenvalue weighted by Crippen LogP contribution is 2.33. The maximum absolute atomic E-state index is 12.3. The Morgan fingerprint density at radius 2 is 2.17 bits per heavy atom. The predicted molar refractivity (Wildman–Crippen MR) is 87.9 cm³/mol. The number of hydrogen-bond donors (Lipinski definition) is 2. The number of amides is 1. The number of fused-ring (bicyclic) bond motifs is 1. The van der Waals surface area contributed by atoms with Gasteiger partial charge in [-0.25, -0.2) is 4.98 Å². The van der Waals surface area contributed by atoms with Crippen LogP contribution in [0.15, 0.2) is 18.2 Å². The molecule has 0 unspecified atom stereocenters. The molecule has 0 spiro atoms. The number of hydrogen-bond acceptors (Lipinski definition) is 5. The predicted octanol–water partition coefficient (Wildman–Crippen LogP) is 3.13. The summed E-state index contributed by atoms with van der Waals surface area (Å²) in [5, 5.41) is 12.4. The molecule has 0 radical (unpaired) electrons. The van der Waals surface area contributed by atoms with Crippen molar-refractivity contribution in [3.63, 3.8) is 0 Å². The number of carboxylic acids is 1. The van der Waals surface area contributed by atoms with Crippen LogP contribution in [0.5, 0.6) is 5.75 Å². The molecule has 3 rings (SSSR count). The highest BCUT2D eigenvalue weighted by molar-refractivity contribution is 7.22. The molecule has 1 fully saturated rings. The number of benzene rings is 1. The molecule has 122 valence electrons. The van der Waals surface area contributed by atoms with Gasteiger partial charge in [-0.15, -0.1) is 0 Å². The lowest BCUT2D eigenvalue weighted by Crippen LogP contribution is -2.21. The van der Waals surface area contributed by atoms with E-state index in [1.165, 1.54) is 11.3 Å². The quantitative estimate of drug-likeness (QED) is 0.877. The molecule has 1 aromatic carbocycles. The average molecular weight is 334 g/mol. The van der Waals surface area contributed by atoms with Crippen molar-refractivity contribution in [2.24, 2.45) is 11.8 Å². The first kappa shape index (κ1) is 15.7. The first-order chi connectivity index (χ1) is 11.1. The van der Waals surface area contributed by atoms with Crippen LogP contribution in [0, 0.1) is 11.8 Å². The van der Waals surface area contributed by atoms with E-state index in [9.17, 15) is 9.59 Å². The van der Waals surface area contributed by atoms with Gasteiger partial charge in [0.25, 0.3) is 0 Å². The van der Waals surface area contributed by atoms with E-state index in [0.717, 1.165) is 16.0 Å². The molecule has 1 heterocycles. The van der Waals surface area contributed by atoms with Crippen LogP contribution in [-0.2, 0) is 9.59 Å². The summed E-state index contributed by atoms with van der Waals surface area (Å²) in [5.74, 6) is -0.833. The fraction of sp³-hybridized carbons (Fsp3) is 0.438. The van der Waals surface area contributed by atoms with Gasteiger partial charge >= 0.3 is 5.97 Å². The molecule has 6 nitrogen and oxygen atoms in total. The van der Waals surface area contributed by atoms with E-state index in [-0.39, 0.29) is 11.8 Å². The second-order valence-corrected chi connectivity index (χ2v) is 6.65. The summed E-state index contributed by atoms with van der Waals surface area (Å²) >= 11 is 1.39. The maximum atomic E-state index is 12.3. The van der Waals surface area contributed by atoms with Crippen LogP contribution in [0.3, 0.4) is 0 Å². The van der Waals surface area contributed by atoms with Crippen molar-refractivity contribution in [1.29, 1.82) is 0 Å². The smallest absolute Gasteiger partial charge is 0.306 e. The van der Waals surface area contributed by atoms with Gasteiger partial charge in [-0.1, -0.05) is 11.3 Å². The van der Waals surface area contributed by atoms with Crippen LogP contribution in [-0.4, -0.2) is 28.6 Å². The monoisotopic (exact) mass is 334 g/mol. The summed E-state index contributed by atoms with van der Waals surface area (Å²) in [6.45, 7) is 2.52. The van der Waals surface area contributed by atoms with Crippen molar-refractivity contribution >= 4 is 38.6 Å². The minimum Gasteiger partial charge on any atom is -0.494 e. The first-order valence-electron chi connectivity index (χ1n) is 7.64. The number of anilines is 1. The Morgan fingerprint density at radius 1 is 1.39 bits per heavy atom. The zero-order valence-corrected chi connectivity index (χ0v) is 13.6. The summed E-state index contributed by atoms with van der Waals surface area (Å²) in [5.41, 5.74) is 0.809. The number of carbonyl (C=O) groups is 2. The molecule has 2 N–H and O–H groups in total. The molecule has 0 bridgehead atoms. The number of nitrogens with one attached hydrogen (secondary N) is 1. The molecule has 0 saturated heterocycles. The Balaban J connectivity index is 1.69. The molecule has 2 aromatic rings. The van der Waals surface area contributed by atoms with Crippen molar-refractivity contribution in [3.05, 3.63) is 18.2 Å². The second kappa shape index (κ2) is 6.54. The Bertz CT molecular complexity index is 743. The molecule has 2 atom stereocenters. The number of thiazole rings is 1. The number of carbonyl (C=O) groups excluding carboxylic acids is 1. The number of nitrogens with zero attached hydrogens (tertiary/aromatic N) is 1. The molecular weight excluding hydrogens is 316 g/mol. The van der Waals surface area contributed by atoms with E-state index in [1.807, 2.05) is 25.1 Å². The summed E-state index contributed by atoms with van der Waals surface area (Å²) in [4.78, 5) is 27.6. The van der Waals surface area contributed by atoms with Gasteiger partial charge in [0.15, 0.2) is 5.13 Å². The molecule has 1 aliphatic carbocycles. The highest BCUT2D eigenvalue weighted by Gasteiger charge is 2.34. The standard InChI is InChI=1S/C16H18N2O4S/c1-2-22-11-5-6-12-13(8-11)23-16(17-12)18-14(19)9-3-4-10(7-9)15(20)21/h5-6,8-10H,2-4,7H2,1H3,(H,20,21)(H,17,18,19)/t9-,10+/m0/s1.